The number of carbonyl (C=O) groups is 3. The van der Waals surface area contributed by atoms with Gasteiger partial charge in [0.15, 0.2) is 12.4 Å². The number of carbonyl (C=O) groups excluding carboxylic acids is 3. The molecule has 0 aromatic heterocycles. The maximum absolute atomic E-state index is 12.2. The van der Waals surface area contributed by atoms with Crippen LogP contribution < -0.4 is 0 Å². The number of halogens is 2. The highest BCUT2D eigenvalue weighted by Gasteiger charge is 2.35. The Labute approximate surface area is 173 Å². The Bertz CT molecular complexity index is 865. The summed E-state index contributed by atoms with van der Waals surface area (Å²) >= 11 is 11.7. The number of amides is 1. The number of nitrogens with zero attached hydrogens (tertiary/aromatic N) is 1. The fourth-order valence-electron chi connectivity index (χ4n) is 3.03. The lowest BCUT2D eigenvalue weighted by molar-refractivity contribution is -0.147. The number of benzene rings is 2. The molecule has 5 nitrogen and oxygen atoms in total. The van der Waals surface area contributed by atoms with Crippen LogP contribution in [-0.4, -0.2) is 42.3 Å². The molecule has 1 fully saturated rings. The van der Waals surface area contributed by atoms with Crippen LogP contribution in [0.2, 0.25) is 10.0 Å². The molecule has 0 aliphatic carbocycles. The molecular formula is C21H19Cl2NO4. The summed E-state index contributed by atoms with van der Waals surface area (Å²) < 4.78 is 5.13. The number of ether oxygens (including phenoxy) is 1. The molecule has 0 unspecified atom stereocenters. The summed E-state index contributed by atoms with van der Waals surface area (Å²) in [4.78, 5) is 38.2. The molecule has 1 amide bonds. The molecule has 0 bridgehead atoms. The normalized spacial score (nSPS) is 16.3. The average molecular weight is 420 g/mol. The van der Waals surface area contributed by atoms with Crippen molar-refractivity contribution < 1.29 is 19.1 Å². The fourth-order valence-corrected chi connectivity index (χ4v) is 3.29. The molecule has 0 spiro atoms. The Balaban J connectivity index is 1.47. The minimum absolute atomic E-state index is 0.0834. The van der Waals surface area contributed by atoms with E-state index in [9.17, 15) is 14.4 Å². The summed E-state index contributed by atoms with van der Waals surface area (Å²) in [5.74, 6) is -1.46. The molecule has 1 atom stereocenters. The molecule has 2 aromatic rings. The van der Waals surface area contributed by atoms with Crippen molar-refractivity contribution in [2.24, 2.45) is 5.92 Å². The van der Waals surface area contributed by atoms with E-state index in [1.807, 2.05) is 12.1 Å². The van der Waals surface area contributed by atoms with Crippen molar-refractivity contribution in [1.29, 1.82) is 0 Å². The SMILES string of the molecule is O=C(COC(=O)[C@H]1CC(=O)N(CCc2ccc(Cl)cc2)C1)c1ccc(Cl)cc1. The van der Waals surface area contributed by atoms with E-state index >= 15 is 0 Å². The lowest BCUT2D eigenvalue weighted by Crippen LogP contribution is -2.29. The van der Waals surface area contributed by atoms with E-state index in [1.165, 1.54) is 0 Å². The van der Waals surface area contributed by atoms with Gasteiger partial charge in [-0.05, 0) is 48.4 Å². The van der Waals surface area contributed by atoms with Crippen molar-refractivity contribution >= 4 is 40.9 Å². The summed E-state index contributed by atoms with van der Waals surface area (Å²) in [7, 11) is 0. The van der Waals surface area contributed by atoms with E-state index in [1.54, 1.807) is 41.3 Å². The molecule has 1 aliphatic heterocycles. The third kappa shape index (κ3) is 5.33. The van der Waals surface area contributed by atoms with Crippen LogP contribution in [0.1, 0.15) is 22.3 Å². The van der Waals surface area contributed by atoms with E-state index in [-0.39, 0.29) is 24.7 Å². The lowest BCUT2D eigenvalue weighted by Gasteiger charge is -2.16. The summed E-state index contributed by atoms with van der Waals surface area (Å²) in [5.41, 5.74) is 1.49. The van der Waals surface area contributed by atoms with Gasteiger partial charge in [-0.15, -0.1) is 0 Å². The first-order valence-electron chi connectivity index (χ1n) is 8.90. The van der Waals surface area contributed by atoms with Gasteiger partial charge in [0.1, 0.15) is 0 Å². The predicted octanol–water partition coefficient (Wildman–Crippen LogP) is 3.81. The zero-order chi connectivity index (χ0) is 20.1. The van der Waals surface area contributed by atoms with Crippen LogP contribution in [0.5, 0.6) is 0 Å². The fraction of sp³-hybridized carbons (Fsp3) is 0.286. The van der Waals surface area contributed by atoms with Crippen LogP contribution in [0.3, 0.4) is 0 Å². The zero-order valence-electron chi connectivity index (χ0n) is 15.1. The van der Waals surface area contributed by atoms with Crippen LogP contribution >= 0.6 is 23.2 Å². The van der Waals surface area contributed by atoms with Gasteiger partial charge in [0.25, 0.3) is 0 Å². The Kier molecular flexibility index (Phi) is 6.70. The topological polar surface area (TPSA) is 63.7 Å². The van der Waals surface area contributed by atoms with Gasteiger partial charge in [-0.2, -0.15) is 0 Å². The van der Waals surface area contributed by atoms with Crippen molar-refractivity contribution in [2.45, 2.75) is 12.8 Å². The Morgan fingerprint density at radius 2 is 1.61 bits per heavy atom. The number of ketones is 1. The molecule has 28 heavy (non-hydrogen) atoms. The maximum Gasteiger partial charge on any atom is 0.311 e. The highest BCUT2D eigenvalue weighted by Crippen LogP contribution is 2.20. The van der Waals surface area contributed by atoms with Gasteiger partial charge in [-0.25, -0.2) is 0 Å². The van der Waals surface area contributed by atoms with E-state index in [2.05, 4.69) is 0 Å². The van der Waals surface area contributed by atoms with Crippen molar-refractivity contribution in [3.8, 4) is 0 Å². The zero-order valence-corrected chi connectivity index (χ0v) is 16.6. The van der Waals surface area contributed by atoms with Gasteiger partial charge >= 0.3 is 5.97 Å². The Morgan fingerprint density at radius 1 is 1.00 bits per heavy atom. The molecule has 2 aromatic carbocycles. The van der Waals surface area contributed by atoms with Crippen LogP contribution in [-0.2, 0) is 20.7 Å². The third-order valence-corrected chi connectivity index (χ3v) is 5.15. The summed E-state index contributed by atoms with van der Waals surface area (Å²) in [5, 5.41) is 1.19. The van der Waals surface area contributed by atoms with E-state index in [4.69, 9.17) is 27.9 Å². The second kappa shape index (κ2) is 9.22. The van der Waals surface area contributed by atoms with E-state index in [0.29, 0.717) is 35.1 Å². The molecule has 0 N–H and O–H groups in total. The molecule has 3 rings (SSSR count). The molecular weight excluding hydrogens is 401 g/mol. The third-order valence-electron chi connectivity index (χ3n) is 4.64. The number of rotatable bonds is 7. The summed E-state index contributed by atoms with van der Waals surface area (Å²) in [6.45, 7) is 0.476. The smallest absolute Gasteiger partial charge is 0.311 e. The maximum atomic E-state index is 12.2. The second-order valence-corrected chi connectivity index (χ2v) is 7.53. The molecule has 0 radical (unpaired) electrons. The van der Waals surface area contributed by atoms with Gasteiger partial charge in [-0.3, -0.25) is 14.4 Å². The van der Waals surface area contributed by atoms with Crippen molar-refractivity contribution in [3.05, 3.63) is 69.7 Å². The largest absolute Gasteiger partial charge is 0.457 e. The average Bonchev–Trinajstić information content (AvgIpc) is 3.07. The van der Waals surface area contributed by atoms with Crippen LogP contribution in [0.4, 0.5) is 0 Å². The molecule has 146 valence electrons. The Morgan fingerprint density at radius 3 is 2.25 bits per heavy atom. The first-order valence-corrected chi connectivity index (χ1v) is 9.65. The quantitative estimate of drug-likeness (QED) is 0.505. The summed E-state index contributed by atoms with van der Waals surface area (Å²) in [6.07, 6.45) is 0.786. The standard InChI is InChI=1S/C21H19Cl2NO4/c22-17-5-1-14(2-6-17)9-10-24-12-16(11-20(24)26)21(27)28-13-19(25)15-3-7-18(23)8-4-15/h1-8,16H,9-13H2/t16-/m0/s1. The van der Waals surface area contributed by atoms with Crippen LogP contribution in [0, 0.1) is 5.92 Å². The Hall–Kier alpha value is -2.37. The molecule has 0 saturated carbocycles. The summed E-state index contributed by atoms with van der Waals surface area (Å²) in [6, 6.07) is 13.8. The monoisotopic (exact) mass is 419 g/mol. The number of hydrogen-bond acceptors (Lipinski definition) is 4. The van der Waals surface area contributed by atoms with E-state index < -0.39 is 11.9 Å². The molecule has 1 aliphatic rings. The molecule has 1 heterocycles. The number of likely N-dealkylation sites (tertiary alicyclic amines) is 1. The van der Waals surface area contributed by atoms with Gasteiger partial charge in [0.2, 0.25) is 5.91 Å². The van der Waals surface area contributed by atoms with Gasteiger partial charge in [0, 0.05) is 35.1 Å². The van der Waals surface area contributed by atoms with Crippen LogP contribution in [0.15, 0.2) is 48.5 Å². The minimum atomic E-state index is -0.546. The molecule has 1 saturated heterocycles. The number of hydrogen-bond donors (Lipinski definition) is 0. The van der Waals surface area contributed by atoms with E-state index in [0.717, 1.165) is 5.56 Å². The molecule has 7 heteroatoms. The first kappa shape index (κ1) is 20.4. The highest BCUT2D eigenvalue weighted by molar-refractivity contribution is 6.30. The minimum Gasteiger partial charge on any atom is -0.457 e. The van der Waals surface area contributed by atoms with Crippen molar-refractivity contribution in [3.63, 3.8) is 0 Å². The van der Waals surface area contributed by atoms with Gasteiger partial charge in [-0.1, -0.05) is 35.3 Å². The first-order chi connectivity index (χ1) is 13.4. The lowest BCUT2D eigenvalue weighted by atomic mass is 10.1. The second-order valence-electron chi connectivity index (χ2n) is 6.66. The number of Topliss-reactive ketones (excluding diaryl/α,β-unsaturated/α-hetero) is 1. The predicted molar refractivity (Wildman–Crippen MR) is 107 cm³/mol. The van der Waals surface area contributed by atoms with Gasteiger partial charge < -0.3 is 9.64 Å². The number of esters is 1. The highest BCUT2D eigenvalue weighted by atomic mass is 35.5. The van der Waals surface area contributed by atoms with Crippen LogP contribution in [0.25, 0.3) is 0 Å². The van der Waals surface area contributed by atoms with Crippen molar-refractivity contribution in [1.82, 2.24) is 4.90 Å². The van der Waals surface area contributed by atoms with Crippen molar-refractivity contribution in [2.75, 3.05) is 19.7 Å². The van der Waals surface area contributed by atoms with Gasteiger partial charge in [0.05, 0.1) is 5.92 Å².